The van der Waals surface area contributed by atoms with Crippen LogP contribution < -0.4 is 4.90 Å². The van der Waals surface area contributed by atoms with Crippen molar-refractivity contribution in [2.45, 2.75) is 19.8 Å². The maximum absolute atomic E-state index is 12.7. The van der Waals surface area contributed by atoms with Crippen LogP contribution in [0.15, 0.2) is 36.4 Å². The van der Waals surface area contributed by atoms with E-state index in [0.29, 0.717) is 6.61 Å². The standard InChI is InChI=1S/C19H15Cl2NO4/c1-2-3-7-26-19(25)11-5-4-6-12(8-11)22-17(23)13-9-15(20)16(21)10-14(13)18(22)24/h4-6,8-10H,2-3,7H2,1H3. The SMILES string of the molecule is CCCCOC(=O)c1cccc(N2C(=O)c3cc(Cl)c(Cl)cc3C2=O)c1. The monoisotopic (exact) mass is 391 g/mol. The first-order chi connectivity index (χ1) is 12.4. The van der Waals surface area contributed by atoms with Crippen molar-refractivity contribution in [1.29, 1.82) is 0 Å². The van der Waals surface area contributed by atoms with Crippen LogP contribution in [0.4, 0.5) is 5.69 Å². The molecule has 1 aliphatic heterocycles. The molecule has 3 rings (SSSR count). The van der Waals surface area contributed by atoms with E-state index in [-0.39, 0.29) is 32.4 Å². The number of ether oxygens (including phenoxy) is 1. The molecule has 0 unspecified atom stereocenters. The highest BCUT2D eigenvalue weighted by Gasteiger charge is 2.37. The van der Waals surface area contributed by atoms with Crippen LogP contribution in [0.1, 0.15) is 50.8 Å². The number of fused-ring (bicyclic) bond motifs is 1. The van der Waals surface area contributed by atoms with Crippen LogP contribution >= 0.6 is 23.2 Å². The zero-order valence-electron chi connectivity index (χ0n) is 13.9. The van der Waals surface area contributed by atoms with Crippen LogP contribution in [0.5, 0.6) is 0 Å². The van der Waals surface area contributed by atoms with Gasteiger partial charge in [0.05, 0.1) is 39.0 Å². The molecule has 1 aliphatic rings. The van der Waals surface area contributed by atoms with Crippen molar-refractivity contribution in [1.82, 2.24) is 0 Å². The number of nitrogens with zero attached hydrogens (tertiary/aromatic N) is 1. The van der Waals surface area contributed by atoms with Gasteiger partial charge >= 0.3 is 5.97 Å². The molecule has 26 heavy (non-hydrogen) atoms. The summed E-state index contributed by atoms with van der Waals surface area (Å²) < 4.78 is 5.17. The summed E-state index contributed by atoms with van der Waals surface area (Å²) in [5.74, 6) is -1.52. The fourth-order valence-corrected chi connectivity index (χ4v) is 2.96. The van der Waals surface area contributed by atoms with Gasteiger partial charge in [0.1, 0.15) is 0 Å². The lowest BCUT2D eigenvalue weighted by Crippen LogP contribution is -2.29. The summed E-state index contributed by atoms with van der Waals surface area (Å²) in [5.41, 5.74) is 0.917. The van der Waals surface area contributed by atoms with Gasteiger partial charge < -0.3 is 4.74 Å². The summed E-state index contributed by atoms with van der Waals surface area (Å²) in [4.78, 5) is 38.4. The van der Waals surface area contributed by atoms with Gasteiger partial charge in [0.15, 0.2) is 0 Å². The molecule has 0 bridgehead atoms. The molecule has 1 heterocycles. The minimum atomic E-state index is -0.514. The van der Waals surface area contributed by atoms with E-state index in [4.69, 9.17) is 27.9 Å². The summed E-state index contributed by atoms with van der Waals surface area (Å²) in [6, 6.07) is 8.95. The molecule has 2 amide bonds. The van der Waals surface area contributed by atoms with Crippen molar-refractivity contribution in [2.24, 2.45) is 0 Å². The fraction of sp³-hybridized carbons (Fsp3) is 0.211. The molecule has 0 aromatic heterocycles. The van der Waals surface area contributed by atoms with E-state index in [0.717, 1.165) is 17.7 Å². The molecule has 0 saturated heterocycles. The predicted octanol–water partition coefficient (Wildman–Crippen LogP) is 4.75. The van der Waals surface area contributed by atoms with Crippen LogP contribution in [-0.4, -0.2) is 24.4 Å². The Labute approximate surface area is 160 Å². The summed E-state index contributed by atoms with van der Waals surface area (Å²) in [6.45, 7) is 2.32. The Morgan fingerprint density at radius 2 is 1.65 bits per heavy atom. The molecule has 0 spiro atoms. The Hall–Kier alpha value is -2.37. The molecule has 7 heteroatoms. The number of anilines is 1. The second-order valence-electron chi connectivity index (χ2n) is 5.80. The predicted molar refractivity (Wildman–Crippen MR) is 99.2 cm³/mol. The molecule has 2 aromatic carbocycles. The summed E-state index contributed by atoms with van der Waals surface area (Å²) in [5, 5.41) is 0.392. The topological polar surface area (TPSA) is 63.7 Å². The third kappa shape index (κ3) is 3.32. The van der Waals surface area contributed by atoms with Crippen molar-refractivity contribution in [3.8, 4) is 0 Å². The maximum Gasteiger partial charge on any atom is 0.338 e. The van der Waals surface area contributed by atoms with Crippen molar-refractivity contribution in [3.63, 3.8) is 0 Å². The van der Waals surface area contributed by atoms with E-state index < -0.39 is 17.8 Å². The Balaban J connectivity index is 1.91. The third-order valence-corrected chi connectivity index (χ3v) is 4.72. The minimum absolute atomic E-state index is 0.181. The van der Waals surface area contributed by atoms with Crippen LogP contribution in [0.2, 0.25) is 10.0 Å². The van der Waals surface area contributed by atoms with Crippen LogP contribution in [0, 0.1) is 0 Å². The van der Waals surface area contributed by atoms with Gasteiger partial charge in [-0.05, 0) is 36.8 Å². The van der Waals surface area contributed by atoms with Crippen molar-refractivity contribution in [3.05, 3.63) is 63.1 Å². The minimum Gasteiger partial charge on any atom is -0.462 e. The van der Waals surface area contributed by atoms with Crippen molar-refractivity contribution < 1.29 is 19.1 Å². The molecule has 0 fully saturated rings. The summed E-state index contributed by atoms with van der Waals surface area (Å²) >= 11 is 11.9. The normalized spacial score (nSPS) is 13.1. The average molecular weight is 392 g/mol. The summed E-state index contributed by atoms with van der Waals surface area (Å²) in [6.07, 6.45) is 1.68. The van der Waals surface area contributed by atoms with Gasteiger partial charge in [0.2, 0.25) is 0 Å². The van der Waals surface area contributed by atoms with E-state index >= 15 is 0 Å². The quantitative estimate of drug-likeness (QED) is 0.419. The van der Waals surface area contributed by atoms with E-state index in [1.54, 1.807) is 18.2 Å². The first-order valence-electron chi connectivity index (χ1n) is 8.09. The molecule has 2 aromatic rings. The first kappa shape index (κ1) is 18.4. The molecule has 0 saturated carbocycles. The summed E-state index contributed by atoms with van der Waals surface area (Å²) in [7, 11) is 0. The van der Waals surface area contributed by atoms with E-state index in [2.05, 4.69) is 0 Å². The van der Waals surface area contributed by atoms with Gasteiger partial charge in [-0.2, -0.15) is 0 Å². The van der Waals surface area contributed by atoms with Gasteiger partial charge in [0, 0.05) is 0 Å². The second kappa shape index (κ2) is 7.48. The highest BCUT2D eigenvalue weighted by Crippen LogP contribution is 2.34. The zero-order valence-corrected chi connectivity index (χ0v) is 15.4. The first-order valence-corrected chi connectivity index (χ1v) is 8.84. The number of hydrogen-bond acceptors (Lipinski definition) is 4. The number of benzene rings is 2. The lowest BCUT2D eigenvalue weighted by Gasteiger charge is -2.14. The van der Waals surface area contributed by atoms with Gasteiger partial charge in [-0.3, -0.25) is 9.59 Å². The van der Waals surface area contributed by atoms with Crippen LogP contribution in [0.25, 0.3) is 0 Å². The number of unbranched alkanes of at least 4 members (excludes halogenated alkanes) is 1. The van der Waals surface area contributed by atoms with Crippen molar-refractivity contribution >= 4 is 46.7 Å². The lowest BCUT2D eigenvalue weighted by molar-refractivity contribution is 0.0499. The second-order valence-corrected chi connectivity index (χ2v) is 6.61. The molecular weight excluding hydrogens is 377 g/mol. The zero-order chi connectivity index (χ0) is 18.8. The smallest absolute Gasteiger partial charge is 0.338 e. The van der Waals surface area contributed by atoms with Crippen LogP contribution in [0.3, 0.4) is 0 Å². The number of halogens is 2. The number of hydrogen-bond donors (Lipinski definition) is 0. The van der Waals surface area contributed by atoms with Crippen molar-refractivity contribution in [2.75, 3.05) is 11.5 Å². The highest BCUT2D eigenvalue weighted by atomic mass is 35.5. The Morgan fingerprint density at radius 3 is 2.23 bits per heavy atom. The fourth-order valence-electron chi connectivity index (χ4n) is 2.63. The van der Waals surface area contributed by atoms with Gasteiger partial charge in [-0.1, -0.05) is 42.6 Å². The number of amides is 2. The third-order valence-electron chi connectivity index (χ3n) is 4.00. The molecule has 0 radical (unpaired) electrons. The number of carbonyl (C=O) groups excluding carboxylic acids is 3. The van der Waals surface area contributed by atoms with Crippen LogP contribution in [-0.2, 0) is 4.74 Å². The molecular formula is C19H15Cl2NO4. The molecule has 134 valence electrons. The molecule has 0 aliphatic carbocycles. The highest BCUT2D eigenvalue weighted by molar-refractivity contribution is 6.44. The lowest BCUT2D eigenvalue weighted by atomic mass is 10.1. The number of imide groups is 1. The maximum atomic E-state index is 12.7. The average Bonchev–Trinajstić information content (AvgIpc) is 2.86. The van der Waals surface area contributed by atoms with Gasteiger partial charge in [0.25, 0.3) is 11.8 Å². The Bertz CT molecular complexity index is 869. The van der Waals surface area contributed by atoms with Gasteiger partial charge in [-0.15, -0.1) is 0 Å². The molecule has 0 N–H and O–H groups in total. The van der Waals surface area contributed by atoms with E-state index in [9.17, 15) is 14.4 Å². The number of esters is 1. The molecule has 0 atom stereocenters. The van der Waals surface area contributed by atoms with E-state index in [1.165, 1.54) is 18.2 Å². The largest absolute Gasteiger partial charge is 0.462 e. The van der Waals surface area contributed by atoms with E-state index in [1.807, 2.05) is 6.92 Å². The Kier molecular flexibility index (Phi) is 5.30. The van der Waals surface area contributed by atoms with Gasteiger partial charge in [-0.25, -0.2) is 9.69 Å². The molecule has 5 nitrogen and oxygen atoms in total. The number of rotatable bonds is 5. The Morgan fingerprint density at radius 1 is 1.04 bits per heavy atom. The number of carbonyl (C=O) groups is 3.